The number of fused-ring (bicyclic) bond motifs is 1. The Labute approximate surface area is 252 Å². The minimum atomic E-state index is -4.53. The van der Waals surface area contributed by atoms with E-state index in [-0.39, 0.29) is 12.0 Å². The second-order valence-corrected chi connectivity index (χ2v) is 12.4. The van der Waals surface area contributed by atoms with Gasteiger partial charge in [0, 0.05) is 55.1 Å². The van der Waals surface area contributed by atoms with Crippen molar-refractivity contribution < 1.29 is 17.9 Å². The first-order valence-electron chi connectivity index (χ1n) is 15.2. The van der Waals surface area contributed by atoms with Crippen LogP contribution >= 0.6 is 0 Å². The summed E-state index contributed by atoms with van der Waals surface area (Å²) >= 11 is 0. The molecule has 2 aliphatic carbocycles. The largest absolute Gasteiger partial charge is 0.474 e. The lowest BCUT2D eigenvalue weighted by atomic mass is 9.82. The van der Waals surface area contributed by atoms with E-state index in [0.717, 1.165) is 60.6 Å². The molecule has 0 amide bonds. The minimum Gasteiger partial charge on any atom is -0.474 e. The molecule has 44 heavy (non-hydrogen) atoms. The molecule has 1 aliphatic heterocycles. The Morgan fingerprint density at radius 2 is 1.93 bits per heavy atom. The fraction of sp³-hybridized carbons (Fsp3) is 0.516. The molecule has 5 heterocycles. The average Bonchev–Trinajstić information content (AvgIpc) is 3.45. The van der Waals surface area contributed by atoms with Gasteiger partial charge in [0.15, 0.2) is 0 Å². The number of nitriles is 1. The van der Waals surface area contributed by atoms with E-state index >= 15 is 0 Å². The summed E-state index contributed by atoms with van der Waals surface area (Å²) in [5.74, 6) is 0.678. The molecule has 10 nitrogen and oxygen atoms in total. The summed E-state index contributed by atoms with van der Waals surface area (Å²) < 4.78 is 48.7. The zero-order valence-electron chi connectivity index (χ0n) is 24.2. The number of hydrogen-bond donors (Lipinski definition) is 2. The second kappa shape index (κ2) is 11.5. The third kappa shape index (κ3) is 5.88. The topological polar surface area (TPSA) is 121 Å². The van der Waals surface area contributed by atoms with Gasteiger partial charge in [0.1, 0.15) is 29.3 Å². The van der Waals surface area contributed by atoms with Crippen LogP contribution in [0.25, 0.3) is 22.3 Å². The molecule has 0 unspecified atom stereocenters. The van der Waals surface area contributed by atoms with Crippen molar-refractivity contribution in [3.8, 4) is 23.2 Å². The van der Waals surface area contributed by atoms with Crippen molar-refractivity contribution in [2.75, 3.05) is 19.6 Å². The van der Waals surface area contributed by atoms with E-state index < -0.39 is 17.4 Å². The van der Waals surface area contributed by atoms with E-state index in [2.05, 4.69) is 41.3 Å². The van der Waals surface area contributed by atoms with E-state index in [1.807, 2.05) is 23.1 Å². The molecule has 4 aromatic rings. The fourth-order valence-corrected chi connectivity index (χ4v) is 6.57. The van der Waals surface area contributed by atoms with Crippen molar-refractivity contribution in [2.45, 2.75) is 75.4 Å². The first-order valence-corrected chi connectivity index (χ1v) is 15.2. The van der Waals surface area contributed by atoms with E-state index in [1.165, 1.54) is 19.2 Å². The smallest absolute Gasteiger partial charge is 0.433 e. The highest BCUT2D eigenvalue weighted by molar-refractivity contribution is 5.90. The van der Waals surface area contributed by atoms with Crippen LogP contribution in [0.15, 0.2) is 43.1 Å². The summed E-state index contributed by atoms with van der Waals surface area (Å²) in [5, 5.41) is 18.5. The van der Waals surface area contributed by atoms with Crippen LogP contribution in [0.1, 0.15) is 56.2 Å². The number of nitrogens with one attached hydrogen (secondary N) is 2. The maximum Gasteiger partial charge on any atom is 0.433 e. The monoisotopic (exact) mass is 605 g/mol. The normalized spacial score (nSPS) is 22.0. The number of aromatic amines is 1. The van der Waals surface area contributed by atoms with Gasteiger partial charge in [-0.25, -0.2) is 15.0 Å². The number of rotatable bonds is 10. The van der Waals surface area contributed by atoms with Gasteiger partial charge in [0.05, 0.1) is 24.4 Å². The van der Waals surface area contributed by atoms with Crippen molar-refractivity contribution in [3.05, 3.63) is 54.4 Å². The van der Waals surface area contributed by atoms with Gasteiger partial charge in [0.2, 0.25) is 5.88 Å². The summed E-state index contributed by atoms with van der Waals surface area (Å²) in [7, 11) is 0. The zero-order valence-corrected chi connectivity index (χ0v) is 24.2. The first-order chi connectivity index (χ1) is 21.3. The number of H-pyrrole nitrogens is 1. The first kappa shape index (κ1) is 28.7. The molecule has 0 spiro atoms. The van der Waals surface area contributed by atoms with Gasteiger partial charge in [-0.2, -0.15) is 23.5 Å². The number of ether oxygens (including phenoxy) is 1. The third-order valence-electron chi connectivity index (χ3n) is 9.16. The molecule has 0 aromatic carbocycles. The third-order valence-corrected chi connectivity index (χ3v) is 9.16. The highest BCUT2D eigenvalue weighted by Crippen LogP contribution is 2.39. The number of aromatic nitrogens is 6. The van der Waals surface area contributed by atoms with Gasteiger partial charge in [-0.3, -0.25) is 9.58 Å². The Morgan fingerprint density at radius 3 is 2.68 bits per heavy atom. The number of alkyl halides is 3. The van der Waals surface area contributed by atoms with Crippen LogP contribution in [0.2, 0.25) is 0 Å². The van der Waals surface area contributed by atoms with Crippen LogP contribution in [0, 0.1) is 17.2 Å². The highest BCUT2D eigenvalue weighted by Gasteiger charge is 2.48. The van der Waals surface area contributed by atoms with Crippen LogP contribution in [-0.2, 0) is 18.3 Å². The van der Waals surface area contributed by atoms with E-state index in [4.69, 9.17) is 4.74 Å². The molecule has 0 atom stereocenters. The quantitative estimate of drug-likeness (QED) is 0.258. The number of nitrogens with zero attached hydrogens (tertiary/aromatic N) is 7. The van der Waals surface area contributed by atoms with Gasteiger partial charge in [-0.05, 0) is 68.7 Å². The van der Waals surface area contributed by atoms with Crippen LogP contribution in [0.3, 0.4) is 0 Å². The maximum atomic E-state index is 13.6. The molecule has 230 valence electrons. The van der Waals surface area contributed by atoms with Gasteiger partial charge in [-0.1, -0.05) is 0 Å². The molecular weight excluding hydrogens is 571 g/mol. The van der Waals surface area contributed by atoms with Crippen LogP contribution in [0.5, 0.6) is 5.88 Å². The zero-order chi connectivity index (χ0) is 30.3. The molecule has 2 N–H and O–H groups in total. The summed E-state index contributed by atoms with van der Waals surface area (Å²) in [6.07, 6.45) is 8.25. The molecule has 3 fully saturated rings. The van der Waals surface area contributed by atoms with Crippen molar-refractivity contribution in [3.63, 3.8) is 0 Å². The standard InChI is InChI=1S/C31H34F3N9O/c32-31(33,34)26-11-21(14-36-13-20-1-2-20)12-27(41-26)44-24-5-3-23(4-6-24)42-17-30(18-42,8-9-35)43-16-22(15-40-43)28-25-7-10-37-29(25)39-19-38-28/h7,10-12,15-16,19-20,23-24,36H,1-6,8,13-14,17-18H2,(H,37,38,39)/t23-,24+. The molecule has 7 rings (SSSR count). The second-order valence-electron chi connectivity index (χ2n) is 12.4. The molecule has 13 heteroatoms. The summed E-state index contributed by atoms with van der Waals surface area (Å²) in [5.41, 5.74) is 1.62. The lowest BCUT2D eigenvalue weighted by Gasteiger charge is -2.53. The van der Waals surface area contributed by atoms with Crippen LogP contribution < -0.4 is 10.1 Å². The molecule has 2 saturated carbocycles. The molecular formula is C31H34F3N9O. The van der Waals surface area contributed by atoms with Gasteiger partial charge in [0.25, 0.3) is 0 Å². The van der Waals surface area contributed by atoms with E-state index in [1.54, 1.807) is 12.3 Å². The number of hydrogen-bond acceptors (Lipinski definition) is 8. The van der Waals surface area contributed by atoms with E-state index in [9.17, 15) is 18.4 Å². The molecule has 1 saturated heterocycles. The van der Waals surface area contributed by atoms with Crippen molar-refractivity contribution in [1.29, 1.82) is 5.26 Å². The Balaban J connectivity index is 0.971. The summed E-state index contributed by atoms with van der Waals surface area (Å²) in [6, 6.07) is 7.35. The Kier molecular flexibility index (Phi) is 7.50. The Hall–Kier alpha value is -4.02. The van der Waals surface area contributed by atoms with Crippen molar-refractivity contribution in [2.24, 2.45) is 5.92 Å². The van der Waals surface area contributed by atoms with Crippen LogP contribution in [-0.4, -0.2) is 66.4 Å². The minimum absolute atomic E-state index is 0.0403. The fourth-order valence-electron chi connectivity index (χ4n) is 6.57. The van der Waals surface area contributed by atoms with E-state index in [0.29, 0.717) is 43.6 Å². The lowest BCUT2D eigenvalue weighted by Crippen LogP contribution is -2.65. The maximum absolute atomic E-state index is 13.6. The Morgan fingerprint density at radius 1 is 1.11 bits per heavy atom. The van der Waals surface area contributed by atoms with Gasteiger partial charge in [-0.15, -0.1) is 0 Å². The summed E-state index contributed by atoms with van der Waals surface area (Å²) in [6.45, 7) is 2.58. The number of pyridine rings is 1. The Bertz CT molecular complexity index is 1660. The molecule has 0 radical (unpaired) electrons. The number of likely N-dealkylation sites (tertiary alicyclic amines) is 1. The van der Waals surface area contributed by atoms with Gasteiger partial charge >= 0.3 is 6.18 Å². The lowest BCUT2D eigenvalue weighted by molar-refractivity contribution is -0.141. The SMILES string of the molecule is N#CCC1(n2cc(-c3ncnc4[nH]ccc34)cn2)CN([C@H]2CC[C@@H](Oc3cc(CNCC4CC4)cc(C(F)(F)F)n3)CC2)C1. The molecule has 4 aromatic heterocycles. The van der Waals surface area contributed by atoms with Crippen molar-refractivity contribution in [1.82, 2.24) is 39.9 Å². The number of halogens is 3. The highest BCUT2D eigenvalue weighted by atomic mass is 19.4. The van der Waals surface area contributed by atoms with Crippen LogP contribution in [0.4, 0.5) is 13.2 Å². The molecule has 3 aliphatic rings. The predicted octanol–water partition coefficient (Wildman–Crippen LogP) is 5.05. The summed E-state index contributed by atoms with van der Waals surface area (Å²) in [4.78, 5) is 18.0. The van der Waals surface area contributed by atoms with Gasteiger partial charge < -0.3 is 15.0 Å². The van der Waals surface area contributed by atoms with Crippen molar-refractivity contribution >= 4 is 11.0 Å². The predicted molar refractivity (Wildman–Crippen MR) is 155 cm³/mol. The molecule has 0 bridgehead atoms. The average molecular weight is 606 g/mol.